The van der Waals surface area contributed by atoms with Crippen LogP contribution in [0.15, 0.2) is 11.1 Å². The summed E-state index contributed by atoms with van der Waals surface area (Å²) in [5.74, 6) is -6.36. The Morgan fingerprint density at radius 2 is 1.00 bits per heavy atom. The standard InChI is InChI=1S/C27H46O8/c1-5-7-9-11-13-15-17-34-26(32)20(3)24(22(25(30)31)19-23(28)29)21(4)27(33)35-18-16-14-12-10-8-6-2/h20-21H,5-19H2,1-4H3,(H,28,29)(H,30,31). The Hall–Kier alpha value is -2.38. The molecular formula is C27H46O8. The first-order valence-corrected chi connectivity index (χ1v) is 13.2. The lowest BCUT2D eigenvalue weighted by molar-refractivity contribution is -0.149. The first kappa shape index (κ1) is 32.6. The van der Waals surface area contributed by atoms with E-state index in [0.29, 0.717) is 12.8 Å². The van der Waals surface area contributed by atoms with E-state index in [9.17, 15) is 29.4 Å². The summed E-state index contributed by atoms with van der Waals surface area (Å²) in [6.07, 6.45) is 11.4. The van der Waals surface area contributed by atoms with Crippen molar-refractivity contribution in [2.24, 2.45) is 11.8 Å². The summed E-state index contributed by atoms with van der Waals surface area (Å²) in [6.45, 7) is 7.55. The van der Waals surface area contributed by atoms with E-state index in [4.69, 9.17) is 9.47 Å². The fourth-order valence-corrected chi connectivity index (χ4v) is 3.96. The van der Waals surface area contributed by atoms with Crippen LogP contribution in [0.5, 0.6) is 0 Å². The van der Waals surface area contributed by atoms with Crippen LogP contribution in [0.25, 0.3) is 0 Å². The largest absolute Gasteiger partial charge is 0.481 e. The van der Waals surface area contributed by atoms with Gasteiger partial charge in [-0.05, 0) is 32.3 Å². The minimum absolute atomic E-state index is 0.0687. The summed E-state index contributed by atoms with van der Waals surface area (Å²) in [4.78, 5) is 48.6. The van der Waals surface area contributed by atoms with E-state index < -0.39 is 47.7 Å². The highest BCUT2D eigenvalue weighted by atomic mass is 16.5. The van der Waals surface area contributed by atoms with Gasteiger partial charge in [0.1, 0.15) is 0 Å². The van der Waals surface area contributed by atoms with Crippen molar-refractivity contribution in [3.63, 3.8) is 0 Å². The maximum Gasteiger partial charge on any atom is 0.332 e. The van der Waals surface area contributed by atoms with E-state index in [1.807, 2.05) is 0 Å². The SMILES string of the molecule is CCCCCCCCOC(=O)C(C)C(=C(CC(=O)O)C(=O)O)C(C)C(=O)OCCCCCCCC. The number of carbonyl (C=O) groups is 4. The number of ether oxygens (including phenoxy) is 2. The van der Waals surface area contributed by atoms with Crippen molar-refractivity contribution in [1.82, 2.24) is 0 Å². The van der Waals surface area contributed by atoms with Gasteiger partial charge in [0.05, 0.1) is 31.5 Å². The van der Waals surface area contributed by atoms with Crippen molar-refractivity contribution in [1.29, 1.82) is 0 Å². The molecule has 0 aliphatic carbocycles. The molecule has 2 N–H and O–H groups in total. The van der Waals surface area contributed by atoms with Crippen LogP contribution in [0.2, 0.25) is 0 Å². The Morgan fingerprint density at radius 3 is 1.34 bits per heavy atom. The number of rotatable bonds is 21. The van der Waals surface area contributed by atoms with Gasteiger partial charge in [-0.15, -0.1) is 0 Å². The van der Waals surface area contributed by atoms with Crippen molar-refractivity contribution < 1.29 is 38.9 Å². The first-order chi connectivity index (χ1) is 16.7. The van der Waals surface area contributed by atoms with E-state index in [-0.39, 0.29) is 18.8 Å². The highest BCUT2D eigenvalue weighted by molar-refractivity contribution is 5.96. The van der Waals surface area contributed by atoms with E-state index >= 15 is 0 Å². The highest BCUT2D eigenvalue weighted by Crippen LogP contribution is 2.29. The van der Waals surface area contributed by atoms with Crippen LogP contribution in [-0.4, -0.2) is 47.3 Å². The zero-order valence-corrected chi connectivity index (χ0v) is 22.1. The molecule has 0 spiro atoms. The molecule has 0 saturated heterocycles. The number of hydrogen-bond donors (Lipinski definition) is 2. The second kappa shape index (κ2) is 19.9. The van der Waals surface area contributed by atoms with Gasteiger partial charge in [-0.1, -0.05) is 78.1 Å². The molecule has 2 atom stereocenters. The third kappa shape index (κ3) is 14.6. The second-order valence-corrected chi connectivity index (χ2v) is 9.12. The van der Waals surface area contributed by atoms with Gasteiger partial charge in [-0.3, -0.25) is 14.4 Å². The smallest absolute Gasteiger partial charge is 0.332 e. The number of carboxylic acid groups (broad SMARTS) is 2. The van der Waals surface area contributed by atoms with Crippen molar-refractivity contribution in [3.05, 3.63) is 11.1 Å². The van der Waals surface area contributed by atoms with Gasteiger partial charge in [0, 0.05) is 5.57 Å². The molecule has 202 valence electrons. The van der Waals surface area contributed by atoms with Gasteiger partial charge >= 0.3 is 23.9 Å². The number of unbranched alkanes of at least 4 members (excludes halogenated alkanes) is 10. The molecule has 0 fully saturated rings. The van der Waals surface area contributed by atoms with Gasteiger partial charge < -0.3 is 19.7 Å². The van der Waals surface area contributed by atoms with Crippen LogP contribution >= 0.6 is 0 Å². The molecule has 0 aromatic heterocycles. The lowest BCUT2D eigenvalue weighted by Crippen LogP contribution is -2.29. The van der Waals surface area contributed by atoms with E-state index in [1.54, 1.807) is 0 Å². The van der Waals surface area contributed by atoms with Crippen molar-refractivity contribution in [3.8, 4) is 0 Å². The summed E-state index contributed by atoms with van der Waals surface area (Å²) in [6, 6.07) is 0. The molecule has 0 aliphatic rings. The normalized spacial score (nSPS) is 12.5. The molecule has 0 bridgehead atoms. The van der Waals surface area contributed by atoms with Crippen LogP contribution < -0.4 is 0 Å². The minimum Gasteiger partial charge on any atom is -0.481 e. The Balaban J connectivity index is 5.23. The molecule has 0 radical (unpaired) electrons. The quantitative estimate of drug-likeness (QED) is 0.113. The highest BCUT2D eigenvalue weighted by Gasteiger charge is 2.34. The Morgan fingerprint density at radius 1 is 0.629 bits per heavy atom. The molecule has 0 aromatic rings. The molecular weight excluding hydrogens is 452 g/mol. The first-order valence-electron chi connectivity index (χ1n) is 13.2. The number of carboxylic acids is 2. The van der Waals surface area contributed by atoms with Crippen LogP contribution in [0.4, 0.5) is 0 Å². The van der Waals surface area contributed by atoms with Gasteiger partial charge in [0.25, 0.3) is 0 Å². The summed E-state index contributed by atoms with van der Waals surface area (Å²) in [5, 5.41) is 18.9. The van der Waals surface area contributed by atoms with Gasteiger partial charge in [0.15, 0.2) is 0 Å². The predicted octanol–water partition coefficient (Wildman–Crippen LogP) is 5.92. The molecule has 35 heavy (non-hydrogen) atoms. The van der Waals surface area contributed by atoms with E-state index in [0.717, 1.165) is 51.4 Å². The summed E-state index contributed by atoms with van der Waals surface area (Å²) in [5.41, 5.74) is -0.550. The van der Waals surface area contributed by atoms with Crippen LogP contribution in [-0.2, 0) is 28.7 Å². The average Bonchev–Trinajstić information content (AvgIpc) is 2.81. The van der Waals surface area contributed by atoms with Gasteiger partial charge in [-0.25, -0.2) is 4.79 Å². The van der Waals surface area contributed by atoms with Crippen molar-refractivity contribution in [2.45, 2.75) is 111 Å². The molecule has 0 saturated carbocycles. The monoisotopic (exact) mass is 498 g/mol. The zero-order chi connectivity index (χ0) is 26.6. The Kier molecular flexibility index (Phi) is 18.5. The maximum atomic E-state index is 12.7. The molecule has 0 heterocycles. The summed E-state index contributed by atoms with van der Waals surface area (Å²) < 4.78 is 10.7. The third-order valence-electron chi connectivity index (χ3n) is 6.06. The zero-order valence-electron chi connectivity index (χ0n) is 22.1. The fourth-order valence-electron chi connectivity index (χ4n) is 3.96. The van der Waals surface area contributed by atoms with E-state index in [1.165, 1.54) is 26.7 Å². The molecule has 2 unspecified atom stereocenters. The molecule has 0 rings (SSSR count). The maximum absolute atomic E-state index is 12.7. The fraction of sp³-hybridized carbons (Fsp3) is 0.778. The summed E-state index contributed by atoms with van der Waals surface area (Å²) in [7, 11) is 0. The Labute approximate surface area is 210 Å². The minimum atomic E-state index is -1.48. The van der Waals surface area contributed by atoms with Crippen LogP contribution in [0, 0.1) is 11.8 Å². The lowest BCUT2D eigenvalue weighted by atomic mass is 9.84. The topological polar surface area (TPSA) is 127 Å². The summed E-state index contributed by atoms with van der Waals surface area (Å²) >= 11 is 0. The van der Waals surface area contributed by atoms with Gasteiger partial charge in [-0.2, -0.15) is 0 Å². The number of carbonyl (C=O) groups excluding carboxylic acids is 2. The lowest BCUT2D eigenvalue weighted by Gasteiger charge is -2.23. The van der Waals surface area contributed by atoms with Crippen LogP contribution in [0.1, 0.15) is 111 Å². The molecule has 0 aliphatic heterocycles. The molecule has 8 nitrogen and oxygen atoms in total. The Bertz CT molecular complexity index is 645. The second-order valence-electron chi connectivity index (χ2n) is 9.12. The van der Waals surface area contributed by atoms with Crippen molar-refractivity contribution in [2.75, 3.05) is 13.2 Å². The van der Waals surface area contributed by atoms with Crippen molar-refractivity contribution >= 4 is 23.9 Å². The van der Waals surface area contributed by atoms with E-state index in [2.05, 4.69) is 13.8 Å². The molecule has 0 aromatic carbocycles. The average molecular weight is 499 g/mol. The molecule has 8 heteroatoms. The number of aliphatic carboxylic acids is 2. The third-order valence-corrected chi connectivity index (χ3v) is 6.06. The predicted molar refractivity (Wildman–Crippen MR) is 134 cm³/mol. The van der Waals surface area contributed by atoms with Crippen LogP contribution in [0.3, 0.4) is 0 Å². The molecule has 0 amide bonds. The van der Waals surface area contributed by atoms with Gasteiger partial charge in [0.2, 0.25) is 0 Å². The number of esters is 2. The number of hydrogen-bond acceptors (Lipinski definition) is 6.